The van der Waals surface area contributed by atoms with Gasteiger partial charge in [-0.25, -0.2) is 0 Å². The Labute approximate surface area is 116 Å². The number of primary amides is 1. The number of nitrogens with zero attached hydrogens (tertiary/aromatic N) is 2. The van der Waals surface area contributed by atoms with Crippen LogP contribution in [-0.2, 0) is 6.42 Å². The highest BCUT2D eigenvalue weighted by molar-refractivity contribution is 5.99. The normalized spacial score (nSPS) is 10.8. The highest BCUT2D eigenvalue weighted by atomic mass is 16.5. The summed E-state index contributed by atoms with van der Waals surface area (Å²) in [7, 11) is 1.51. The van der Waals surface area contributed by atoms with E-state index in [2.05, 4.69) is 10.2 Å². The van der Waals surface area contributed by atoms with Gasteiger partial charge in [0.05, 0.1) is 12.8 Å². The number of ether oxygens (including phenoxy) is 1. The molecule has 1 heterocycles. The van der Waals surface area contributed by atoms with Gasteiger partial charge in [0.1, 0.15) is 11.3 Å². The predicted molar refractivity (Wildman–Crippen MR) is 74.8 cm³/mol. The fourth-order valence-corrected chi connectivity index (χ4v) is 2.19. The van der Waals surface area contributed by atoms with Crippen LogP contribution >= 0.6 is 0 Å². The van der Waals surface area contributed by atoms with Crippen molar-refractivity contribution in [2.75, 3.05) is 13.7 Å². The third-order valence-corrected chi connectivity index (χ3v) is 3.23. The minimum atomic E-state index is -0.521. The van der Waals surface area contributed by atoms with E-state index in [1.54, 1.807) is 12.1 Å². The van der Waals surface area contributed by atoms with Gasteiger partial charge >= 0.3 is 0 Å². The van der Waals surface area contributed by atoms with E-state index in [-0.39, 0.29) is 6.61 Å². The van der Waals surface area contributed by atoms with Crippen molar-refractivity contribution in [1.29, 1.82) is 0 Å². The maximum absolute atomic E-state index is 11.4. The molecule has 0 aliphatic rings. The lowest BCUT2D eigenvalue weighted by Gasteiger charge is -2.12. The number of aryl methyl sites for hydroxylation is 2. The molecule has 1 aromatic heterocycles. The SMILES string of the molecule is COc1cc(C(N)=O)cc2c(CCCO)c(C)nnc12. The Morgan fingerprint density at radius 1 is 1.40 bits per heavy atom. The van der Waals surface area contributed by atoms with Crippen molar-refractivity contribution in [2.24, 2.45) is 5.73 Å². The van der Waals surface area contributed by atoms with Crippen LogP contribution in [0.25, 0.3) is 10.9 Å². The second kappa shape index (κ2) is 5.83. The Kier molecular flexibility index (Phi) is 4.14. The van der Waals surface area contributed by atoms with Gasteiger partial charge in [0.25, 0.3) is 0 Å². The first-order chi connectivity index (χ1) is 9.58. The van der Waals surface area contributed by atoms with Crippen LogP contribution in [0.5, 0.6) is 5.75 Å². The molecular formula is C14H17N3O3. The zero-order valence-electron chi connectivity index (χ0n) is 11.5. The molecule has 1 aromatic carbocycles. The molecule has 3 N–H and O–H groups in total. The number of aromatic nitrogens is 2. The fraction of sp³-hybridized carbons (Fsp3) is 0.357. The molecule has 0 saturated heterocycles. The number of amides is 1. The van der Waals surface area contributed by atoms with Crippen molar-refractivity contribution in [1.82, 2.24) is 10.2 Å². The number of nitrogens with two attached hydrogens (primary N) is 1. The van der Waals surface area contributed by atoms with Crippen LogP contribution in [0.4, 0.5) is 0 Å². The van der Waals surface area contributed by atoms with Crippen LogP contribution < -0.4 is 10.5 Å². The molecular weight excluding hydrogens is 258 g/mol. The molecule has 0 atom stereocenters. The third kappa shape index (κ3) is 2.55. The first kappa shape index (κ1) is 14.2. The molecule has 0 fully saturated rings. The largest absolute Gasteiger partial charge is 0.494 e. The van der Waals surface area contributed by atoms with E-state index < -0.39 is 5.91 Å². The van der Waals surface area contributed by atoms with Gasteiger partial charge in [-0.05, 0) is 37.5 Å². The van der Waals surface area contributed by atoms with Gasteiger partial charge in [-0.1, -0.05) is 0 Å². The Morgan fingerprint density at radius 2 is 2.15 bits per heavy atom. The average Bonchev–Trinajstić information content (AvgIpc) is 2.44. The summed E-state index contributed by atoms with van der Waals surface area (Å²) in [6.07, 6.45) is 1.27. The molecule has 0 radical (unpaired) electrons. The second-order valence-corrected chi connectivity index (χ2v) is 4.53. The standard InChI is InChI=1S/C14H17N3O3/c1-8-10(4-3-5-18)11-6-9(14(15)19)7-12(20-2)13(11)17-16-8/h6-7,18H,3-5H2,1-2H3,(H2,15,19). The zero-order chi connectivity index (χ0) is 14.7. The molecule has 0 aliphatic heterocycles. The maximum Gasteiger partial charge on any atom is 0.248 e. The highest BCUT2D eigenvalue weighted by Crippen LogP contribution is 2.29. The van der Waals surface area contributed by atoms with Gasteiger partial charge in [0, 0.05) is 17.6 Å². The number of aliphatic hydroxyl groups is 1. The Hall–Kier alpha value is -2.21. The molecule has 0 spiro atoms. The number of benzene rings is 1. The lowest BCUT2D eigenvalue weighted by molar-refractivity contribution is 0.1000. The molecule has 1 amide bonds. The van der Waals surface area contributed by atoms with Crippen LogP contribution in [0.2, 0.25) is 0 Å². The minimum Gasteiger partial charge on any atom is -0.494 e. The van der Waals surface area contributed by atoms with E-state index in [1.165, 1.54) is 7.11 Å². The Morgan fingerprint density at radius 3 is 2.75 bits per heavy atom. The van der Waals surface area contributed by atoms with Crippen molar-refractivity contribution >= 4 is 16.8 Å². The quantitative estimate of drug-likeness (QED) is 0.847. The topological polar surface area (TPSA) is 98.3 Å². The molecule has 106 valence electrons. The molecule has 0 saturated carbocycles. The number of fused-ring (bicyclic) bond motifs is 1. The zero-order valence-corrected chi connectivity index (χ0v) is 11.5. The first-order valence-electron chi connectivity index (χ1n) is 6.33. The third-order valence-electron chi connectivity index (χ3n) is 3.23. The van der Waals surface area contributed by atoms with Crippen molar-refractivity contribution < 1.29 is 14.6 Å². The van der Waals surface area contributed by atoms with Gasteiger partial charge in [0.2, 0.25) is 5.91 Å². The molecule has 2 rings (SSSR count). The van der Waals surface area contributed by atoms with E-state index in [9.17, 15) is 4.79 Å². The summed E-state index contributed by atoms with van der Waals surface area (Å²) >= 11 is 0. The second-order valence-electron chi connectivity index (χ2n) is 4.53. The number of aliphatic hydroxyl groups excluding tert-OH is 1. The molecule has 20 heavy (non-hydrogen) atoms. The molecule has 6 nitrogen and oxygen atoms in total. The molecule has 0 aliphatic carbocycles. The first-order valence-corrected chi connectivity index (χ1v) is 6.33. The predicted octanol–water partition coefficient (Wildman–Crippen LogP) is 0.971. The molecule has 0 bridgehead atoms. The van der Waals surface area contributed by atoms with Gasteiger partial charge in [-0.3, -0.25) is 4.79 Å². The Bertz CT molecular complexity index is 656. The van der Waals surface area contributed by atoms with Gasteiger partial charge in [-0.15, -0.1) is 5.10 Å². The summed E-state index contributed by atoms with van der Waals surface area (Å²) in [5.74, 6) is -0.0539. The Balaban J connectivity index is 2.73. The number of rotatable bonds is 5. The van der Waals surface area contributed by atoms with Gasteiger partial charge in [0.15, 0.2) is 0 Å². The van der Waals surface area contributed by atoms with Crippen LogP contribution in [0, 0.1) is 6.92 Å². The lowest BCUT2D eigenvalue weighted by Crippen LogP contribution is -2.12. The van der Waals surface area contributed by atoms with Crippen molar-refractivity contribution in [3.63, 3.8) is 0 Å². The van der Waals surface area contributed by atoms with Gasteiger partial charge in [-0.2, -0.15) is 5.10 Å². The summed E-state index contributed by atoms with van der Waals surface area (Å²) < 4.78 is 5.26. The molecule has 6 heteroatoms. The van der Waals surface area contributed by atoms with Crippen molar-refractivity contribution in [2.45, 2.75) is 19.8 Å². The number of methoxy groups -OCH3 is 1. The van der Waals surface area contributed by atoms with Crippen molar-refractivity contribution in [3.05, 3.63) is 29.0 Å². The summed E-state index contributed by atoms with van der Waals surface area (Å²) in [5, 5.41) is 18.0. The molecule has 0 unspecified atom stereocenters. The van der Waals surface area contributed by atoms with E-state index in [1.807, 2.05) is 6.92 Å². The number of carbonyl (C=O) groups excluding carboxylic acids is 1. The van der Waals surface area contributed by atoms with Crippen LogP contribution in [0.15, 0.2) is 12.1 Å². The summed E-state index contributed by atoms with van der Waals surface area (Å²) in [4.78, 5) is 11.4. The fourth-order valence-electron chi connectivity index (χ4n) is 2.19. The van der Waals surface area contributed by atoms with Gasteiger partial charge < -0.3 is 15.6 Å². The minimum absolute atomic E-state index is 0.0932. The van der Waals surface area contributed by atoms with Crippen LogP contribution in [-0.4, -0.2) is 34.9 Å². The lowest BCUT2D eigenvalue weighted by atomic mass is 10.0. The van der Waals surface area contributed by atoms with Crippen LogP contribution in [0.1, 0.15) is 28.0 Å². The number of hydrogen-bond acceptors (Lipinski definition) is 5. The van der Waals surface area contributed by atoms with E-state index >= 15 is 0 Å². The number of hydrogen-bond donors (Lipinski definition) is 2. The van der Waals surface area contributed by atoms with E-state index in [0.29, 0.717) is 29.7 Å². The summed E-state index contributed by atoms with van der Waals surface area (Å²) in [6.45, 7) is 1.94. The molecule has 2 aromatic rings. The summed E-state index contributed by atoms with van der Waals surface area (Å²) in [6, 6.07) is 3.26. The maximum atomic E-state index is 11.4. The average molecular weight is 275 g/mol. The highest BCUT2D eigenvalue weighted by Gasteiger charge is 2.14. The monoisotopic (exact) mass is 275 g/mol. The van der Waals surface area contributed by atoms with E-state index in [4.69, 9.17) is 15.6 Å². The van der Waals surface area contributed by atoms with Crippen molar-refractivity contribution in [3.8, 4) is 5.75 Å². The smallest absolute Gasteiger partial charge is 0.248 e. The van der Waals surface area contributed by atoms with Crippen LogP contribution in [0.3, 0.4) is 0 Å². The number of carbonyl (C=O) groups is 1. The summed E-state index contributed by atoms with van der Waals surface area (Å²) in [5.41, 5.74) is 8.03. The van der Waals surface area contributed by atoms with E-state index in [0.717, 1.165) is 16.6 Å².